The lowest BCUT2D eigenvalue weighted by atomic mass is 10.1. The molecule has 1 atom stereocenters. The molecule has 2 amide bonds. The van der Waals surface area contributed by atoms with Crippen LogP contribution in [-0.4, -0.2) is 46.2 Å². The largest absolute Gasteiger partial charge is 0.478 e. The maximum absolute atomic E-state index is 11.9. The molecule has 3 N–H and O–H groups in total. The van der Waals surface area contributed by atoms with Gasteiger partial charge in [-0.05, 0) is 19.4 Å². The Labute approximate surface area is 136 Å². The van der Waals surface area contributed by atoms with Crippen molar-refractivity contribution in [3.8, 4) is 0 Å². The van der Waals surface area contributed by atoms with E-state index in [1.54, 1.807) is 6.92 Å². The van der Waals surface area contributed by atoms with Gasteiger partial charge < -0.3 is 10.4 Å². The maximum Gasteiger partial charge on any atom is 0.338 e. The Morgan fingerprint density at radius 1 is 1.33 bits per heavy atom. The molecule has 0 saturated carbocycles. The molecule has 0 spiro atoms. The lowest BCUT2D eigenvalue weighted by Crippen LogP contribution is -2.36. The minimum absolute atomic E-state index is 0.190. The first-order chi connectivity index (χ1) is 9.99. The van der Waals surface area contributed by atoms with Crippen LogP contribution < -0.4 is 10.6 Å². The van der Waals surface area contributed by atoms with Gasteiger partial charge in [0.15, 0.2) is 0 Å². The van der Waals surface area contributed by atoms with Crippen molar-refractivity contribution in [1.82, 2.24) is 5.32 Å². The summed E-state index contributed by atoms with van der Waals surface area (Å²) in [5.41, 5.74) is 0.900. The number of anilines is 1. The number of rotatable bonds is 4. The maximum atomic E-state index is 11.9. The summed E-state index contributed by atoms with van der Waals surface area (Å²) in [6.45, 7) is 4.22. The van der Waals surface area contributed by atoms with Gasteiger partial charge in [-0.25, -0.2) is 9.59 Å². The second-order valence-corrected chi connectivity index (χ2v) is 8.48. The highest BCUT2D eigenvalue weighted by molar-refractivity contribution is 8.06. The van der Waals surface area contributed by atoms with Gasteiger partial charge in [0.1, 0.15) is 5.00 Å². The molecule has 5 nitrogen and oxygen atoms in total. The Morgan fingerprint density at radius 3 is 2.71 bits per heavy atom. The van der Waals surface area contributed by atoms with E-state index in [4.69, 9.17) is 0 Å². The van der Waals surface area contributed by atoms with Crippen LogP contribution >= 0.6 is 34.9 Å². The Kier molecular flexibility index (Phi) is 5.83. The number of hydrogen-bond donors (Lipinski definition) is 3. The molecular formula is C13H18N2O3S3. The monoisotopic (exact) mass is 346 g/mol. The number of nitrogens with one attached hydrogen (secondary N) is 2. The number of aromatic carboxylic acids is 1. The molecule has 116 valence electrons. The number of amides is 2. The van der Waals surface area contributed by atoms with E-state index < -0.39 is 5.97 Å². The van der Waals surface area contributed by atoms with Crippen LogP contribution in [0.3, 0.4) is 0 Å². The zero-order chi connectivity index (χ0) is 15.4. The van der Waals surface area contributed by atoms with Gasteiger partial charge in [-0.2, -0.15) is 23.5 Å². The number of aryl methyl sites for hydroxylation is 1. The third-order valence-corrected chi connectivity index (χ3v) is 7.17. The quantitative estimate of drug-likeness (QED) is 0.781. The standard InChI is InChI=1S/C13H18N2O3S3/c1-7-8(2)21-11(10(7)12(16)17)15-13(18)14-5-9-6-19-3-4-20-9/h9H,3-6H2,1-2H3,(H,16,17)(H2,14,15,18). The van der Waals surface area contributed by atoms with Crippen molar-refractivity contribution in [3.05, 3.63) is 16.0 Å². The zero-order valence-corrected chi connectivity index (χ0v) is 14.3. The first-order valence-electron chi connectivity index (χ1n) is 6.56. The molecule has 1 aliphatic rings. The van der Waals surface area contributed by atoms with Crippen LogP contribution in [0.15, 0.2) is 0 Å². The van der Waals surface area contributed by atoms with Crippen molar-refractivity contribution in [2.24, 2.45) is 0 Å². The number of carboxylic acid groups (broad SMARTS) is 1. The molecule has 2 rings (SSSR count). The number of carbonyl (C=O) groups is 2. The molecule has 8 heteroatoms. The predicted molar refractivity (Wildman–Crippen MR) is 91.3 cm³/mol. The highest BCUT2D eigenvalue weighted by atomic mass is 32.2. The number of urea groups is 1. The van der Waals surface area contributed by atoms with Gasteiger partial charge in [0.25, 0.3) is 0 Å². The molecule has 0 aromatic carbocycles. The average Bonchev–Trinajstić information content (AvgIpc) is 2.72. The smallest absolute Gasteiger partial charge is 0.338 e. The molecule has 1 unspecified atom stereocenters. The van der Waals surface area contributed by atoms with Crippen LogP contribution in [0.4, 0.5) is 9.80 Å². The van der Waals surface area contributed by atoms with Gasteiger partial charge in [-0.3, -0.25) is 5.32 Å². The van der Waals surface area contributed by atoms with Crippen LogP contribution in [-0.2, 0) is 0 Å². The minimum atomic E-state index is -1.01. The summed E-state index contributed by atoms with van der Waals surface area (Å²) < 4.78 is 0. The lowest BCUT2D eigenvalue weighted by Gasteiger charge is -2.21. The van der Waals surface area contributed by atoms with E-state index in [1.165, 1.54) is 17.1 Å². The van der Waals surface area contributed by atoms with E-state index in [-0.39, 0.29) is 11.6 Å². The van der Waals surface area contributed by atoms with Crippen LogP contribution in [0.1, 0.15) is 20.8 Å². The molecule has 2 heterocycles. The third kappa shape index (κ3) is 4.31. The van der Waals surface area contributed by atoms with Gasteiger partial charge in [0, 0.05) is 33.9 Å². The van der Waals surface area contributed by atoms with E-state index in [0.717, 1.165) is 16.4 Å². The molecule has 1 aliphatic heterocycles. The van der Waals surface area contributed by atoms with Crippen molar-refractivity contribution >= 4 is 51.9 Å². The summed E-state index contributed by atoms with van der Waals surface area (Å²) in [7, 11) is 0. The fourth-order valence-electron chi connectivity index (χ4n) is 1.98. The number of thiophene rings is 1. The first kappa shape index (κ1) is 16.5. The SMILES string of the molecule is Cc1sc(NC(=O)NCC2CSCCS2)c(C(=O)O)c1C. The Balaban J connectivity index is 1.93. The van der Waals surface area contributed by atoms with E-state index in [0.29, 0.717) is 22.4 Å². The van der Waals surface area contributed by atoms with Crippen molar-refractivity contribution in [2.75, 3.05) is 29.1 Å². The summed E-state index contributed by atoms with van der Waals surface area (Å²) in [4.78, 5) is 24.1. The Hall–Kier alpha value is -0.860. The fourth-order valence-corrected chi connectivity index (χ4v) is 5.64. The average molecular weight is 346 g/mol. The van der Waals surface area contributed by atoms with E-state index >= 15 is 0 Å². The highest BCUT2D eigenvalue weighted by Gasteiger charge is 2.21. The Morgan fingerprint density at radius 2 is 2.10 bits per heavy atom. The minimum Gasteiger partial charge on any atom is -0.478 e. The van der Waals surface area contributed by atoms with E-state index in [2.05, 4.69) is 10.6 Å². The highest BCUT2D eigenvalue weighted by Crippen LogP contribution is 2.32. The van der Waals surface area contributed by atoms with Crippen molar-refractivity contribution < 1.29 is 14.7 Å². The molecule has 0 bridgehead atoms. The van der Waals surface area contributed by atoms with Gasteiger partial charge in [0.05, 0.1) is 5.56 Å². The predicted octanol–water partition coefficient (Wildman–Crippen LogP) is 3.03. The van der Waals surface area contributed by atoms with Crippen LogP contribution in [0.25, 0.3) is 0 Å². The van der Waals surface area contributed by atoms with Gasteiger partial charge in [-0.15, -0.1) is 11.3 Å². The van der Waals surface area contributed by atoms with E-state index in [9.17, 15) is 14.7 Å². The summed E-state index contributed by atoms with van der Waals surface area (Å²) >= 11 is 5.07. The fraction of sp³-hybridized carbons (Fsp3) is 0.538. The van der Waals surface area contributed by atoms with Gasteiger partial charge >= 0.3 is 12.0 Å². The van der Waals surface area contributed by atoms with Crippen molar-refractivity contribution in [2.45, 2.75) is 19.1 Å². The van der Waals surface area contributed by atoms with Crippen molar-refractivity contribution in [1.29, 1.82) is 0 Å². The topological polar surface area (TPSA) is 78.4 Å². The summed E-state index contributed by atoms with van der Waals surface area (Å²) in [5, 5.41) is 15.6. The lowest BCUT2D eigenvalue weighted by molar-refractivity contribution is 0.0697. The number of carbonyl (C=O) groups excluding carboxylic acids is 1. The van der Waals surface area contributed by atoms with E-state index in [1.807, 2.05) is 30.4 Å². The summed E-state index contributed by atoms with van der Waals surface area (Å²) in [6, 6.07) is -0.338. The molecule has 1 aromatic heterocycles. The van der Waals surface area contributed by atoms with Gasteiger partial charge in [-0.1, -0.05) is 0 Å². The number of hydrogen-bond acceptors (Lipinski definition) is 5. The first-order valence-corrected chi connectivity index (χ1v) is 9.58. The molecule has 0 aliphatic carbocycles. The zero-order valence-electron chi connectivity index (χ0n) is 11.9. The second kappa shape index (κ2) is 7.42. The third-order valence-electron chi connectivity index (χ3n) is 3.20. The normalized spacial score (nSPS) is 18.3. The van der Waals surface area contributed by atoms with Crippen LogP contribution in [0.2, 0.25) is 0 Å². The van der Waals surface area contributed by atoms with Crippen LogP contribution in [0.5, 0.6) is 0 Å². The van der Waals surface area contributed by atoms with Crippen molar-refractivity contribution in [3.63, 3.8) is 0 Å². The molecule has 1 fully saturated rings. The summed E-state index contributed by atoms with van der Waals surface area (Å²) in [5.74, 6) is 2.32. The number of thioether (sulfide) groups is 2. The molecule has 1 aromatic rings. The second-order valence-electron chi connectivity index (χ2n) is 4.70. The molecule has 21 heavy (non-hydrogen) atoms. The molecule has 0 radical (unpaired) electrons. The molecular weight excluding hydrogens is 328 g/mol. The molecule has 1 saturated heterocycles. The van der Waals surface area contributed by atoms with Gasteiger partial charge in [0.2, 0.25) is 0 Å². The van der Waals surface area contributed by atoms with Crippen LogP contribution in [0, 0.1) is 13.8 Å². The summed E-state index contributed by atoms with van der Waals surface area (Å²) in [6.07, 6.45) is 0. The Bertz CT molecular complexity index is 539. The number of carboxylic acids is 1.